The molecule has 29 N–H and O–H groups in total. The van der Waals surface area contributed by atoms with Crippen LogP contribution in [0.5, 0.6) is 23.0 Å². The number of aromatic amines is 1. The highest BCUT2D eigenvalue weighted by Crippen LogP contribution is 2.29. The number of hydrogen-bond donors (Lipinski definition) is 24. The van der Waals surface area contributed by atoms with Gasteiger partial charge in [0.1, 0.15) is 47.2 Å². The number of hydrogen-bond acceptors (Lipinski definition) is 19. The van der Waals surface area contributed by atoms with Crippen molar-refractivity contribution in [3.63, 3.8) is 0 Å². The Morgan fingerprint density at radius 1 is 0.443 bits per heavy atom. The van der Waals surface area contributed by atoms with Crippen LogP contribution in [0.4, 0.5) is 22.7 Å². The van der Waals surface area contributed by atoms with Crippen LogP contribution in [0.3, 0.4) is 0 Å². The molecule has 5 atom stereocenters. The number of guanidine groups is 4. The largest absolute Gasteiger partial charge is 0.496 e. The van der Waals surface area contributed by atoms with Crippen molar-refractivity contribution in [2.24, 2.45) is 28.7 Å². The number of para-hydroxylation sites is 1. The molecule has 0 aliphatic carbocycles. The fourth-order valence-corrected chi connectivity index (χ4v) is 10.6. The Hall–Kier alpha value is -13.4. The van der Waals surface area contributed by atoms with Crippen molar-refractivity contribution in [1.29, 1.82) is 21.6 Å². The molecule has 0 fully saturated rings. The number of rotatable bonds is 41. The SMILES string of the molecule is COc1ccc(NC(=O)[C@@H](CCCNC(=N)N)NC(=O)c2cc(NC(=O)[C@@H](CCCNC(=N)N)NC(=O)c3cc(NC(=O)[C@@H](CCCNC(=N)N)NC(=O)c4cc(NC(=O)[C@H](N)CCCNC(=N)N)ccc4OC)ccc3OC)ccc2OCC(=O)O)cc1C(=O)N[C@H](Cc1c[nH]c2ccccc12)C(=O)O. The number of aliphatic carboxylic acids is 2. The average Bonchev–Trinajstić information content (AvgIpc) is 1.57. The molecule has 0 spiro atoms. The van der Waals surface area contributed by atoms with Gasteiger partial charge in [0.25, 0.3) is 23.6 Å². The molecule has 38 heteroatoms. The summed E-state index contributed by atoms with van der Waals surface area (Å²) in [5.74, 6) is -11.2. The molecule has 106 heavy (non-hydrogen) atoms. The molecule has 0 radical (unpaired) electrons. The molecular weight excluding hydrogens is 1380 g/mol. The minimum Gasteiger partial charge on any atom is -0.496 e. The van der Waals surface area contributed by atoms with E-state index in [4.69, 9.17) is 69.3 Å². The molecule has 5 aromatic carbocycles. The minimum absolute atomic E-state index is 0.00332. The Kier molecular flexibility index (Phi) is 31.0. The van der Waals surface area contributed by atoms with E-state index >= 15 is 0 Å². The molecule has 6 aromatic rings. The number of ether oxygens (including phenoxy) is 4. The highest BCUT2D eigenvalue weighted by molar-refractivity contribution is 6.08. The summed E-state index contributed by atoms with van der Waals surface area (Å²) in [6.07, 6.45) is 2.24. The lowest BCUT2D eigenvalue weighted by atomic mass is 10.0. The molecule has 0 unspecified atom stereocenters. The third-order valence-electron chi connectivity index (χ3n) is 15.8. The van der Waals surface area contributed by atoms with Crippen molar-refractivity contribution in [3.05, 3.63) is 131 Å². The smallest absolute Gasteiger partial charge is 0.341 e. The summed E-state index contributed by atoms with van der Waals surface area (Å²) in [7, 11) is 3.84. The van der Waals surface area contributed by atoms with Crippen molar-refractivity contribution >= 4 is 117 Å². The van der Waals surface area contributed by atoms with Crippen molar-refractivity contribution in [2.45, 2.75) is 88.0 Å². The zero-order valence-corrected chi connectivity index (χ0v) is 58.1. The van der Waals surface area contributed by atoms with E-state index in [1.807, 2.05) is 12.1 Å². The van der Waals surface area contributed by atoms with E-state index in [0.29, 0.717) is 18.5 Å². The zero-order chi connectivity index (χ0) is 77.6. The summed E-state index contributed by atoms with van der Waals surface area (Å²) >= 11 is 0. The van der Waals surface area contributed by atoms with Gasteiger partial charge in [0, 0.05) is 72.4 Å². The fourth-order valence-electron chi connectivity index (χ4n) is 10.6. The number of carboxylic acids is 2. The fraction of sp³-hybridized carbons (Fsp3) is 0.324. The molecule has 566 valence electrons. The first-order chi connectivity index (χ1) is 50.6. The monoisotopic (exact) mass is 1470 g/mol. The zero-order valence-electron chi connectivity index (χ0n) is 58.1. The summed E-state index contributed by atoms with van der Waals surface area (Å²) in [5.41, 5.74) is 28.5. The molecule has 38 nitrogen and oxygen atoms in total. The van der Waals surface area contributed by atoms with E-state index < -0.39 is 113 Å². The number of benzene rings is 5. The van der Waals surface area contributed by atoms with Gasteiger partial charge in [0.2, 0.25) is 23.6 Å². The lowest BCUT2D eigenvalue weighted by Gasteiger charge is -2.22. The lowest BCUT2D eigenvalue weighted by molar-refractivity contribution is -0.140. The Labute approximate surface area is 606 Å². The van der Waals surface area contributed by atoms with E-state index in [9.17, 15) is 58.2 Å². The number of carboxylic acid groups (broad SMARTS) is 2. The number of carbonyl (C=O) groups excluding carboxylic acids is 8. The van der Waals surface area contributed by atoms with Crippen LogP contribution in [0.25, 0.3) is 10.9 Å². The molecule has 8 amide bonds. The van der Waals surface area contributed by atoms with Crippen molar-refractivity contribution in [3.8, 4) is 23.0 Å². The maximum atomic E-state index is 14.6. The normalized spacial score (nSPS) is 12.1. The number of nitrogens with one attached hydrogen (secondary N) is 17. The average molecular weight is 1470 g/mol. The number of methoxy groups -OCH3 is 3. The third-order valence-corrected chi connectivity index (χ3v) is 15.8. The standard InChI is InChI=1S/C68H88N22O16/c1-103-51-20-16-36(83-60(97)45(69)11-6-24-78-65(70)71)29-41(51)56(93)87-47(13-7-25-79-66(72)73)61(98)84-37-17-21-52(104-2)42(30-37)57(94)88-48(14-8-26-80-67(74)75)62(99)86-39-19-23-54(106-34-55(91)92)44(32-39)59(96)89-49(15-9-27-81-68(76)77)63(100)85-38-18-22-53(105-3)43(31-38)58(95)90-50(64(101)102)28-35-33-82-46-12-5-4-10-40(35)46/h4-5,10,12,16-23,29-33,45,47-50,82H,6-9,11,13-15,24-28,34,69H2,1-3H3,(H,83,97)(H,84,98)(H,85,100)(H,86,99)(H,87,93)(H,88,94)(H,89,96)(H,90,95)(H,91,92)(H,101,102)(H4,70,71,78)(H4,72,73,79)(H4,74,75,80)(H4,76,77,81)/t45-,47-,48-,49-,50-/m1/s1. The van der Waals surface area contributed by atoms with E-state index in [0.717, 1.165) is 17.0 Å². The number of fused-ring (bicyclic) bond motifs is 1. The van der Waals surface area contributed by atoms with Crippen LogP contribution in [0.15, 0.2) is 103 Å². The molecule has 0 bridgehead atoms. The summed E-state index contributed by atoms with van der Waals surface area (Å²) in [6.45, 7) is -0.452. The van der Waals surface area contributed by atoms with Crippen molar-refractivity contribution in [2.75, 3.05) is 75.4 Å². The number of aromatic nitrogens is 1. The molecule has 0 saturated carbocycles. The first-order valence-electron chi connectivity index (χ1n) is 32.9. The second-order valence-corrected chi connectivity index (χ2v) is 23.6. The predicted molar refractivity (Wildman–Crippen MR) is 392 cm³/mol. The Morgan fingerprint density at radius 3 is 1.12 bits per heavy atom. The van der Waals surface area contributed by atoms with Gasteiger partial charge in [0.15, 0.2) is 30.4 Å². The van der Waals surface area contributed by atoms with Crippen LogP contribution in [0.2, 0.25) is 0 Å². The summed E-state index contributed by atoms with van der Waals surface area (Å²) < 4.78 is 21.9. The number of anilines is 4. The molecular formula is C68H88N22O16. The van der Waals surface area contributed by atoms with E-state index in [2.05, 4.69) is 68.8 Å². The van der Waals surface area contributed by atoms with Crippen LogP contribution >= 0.6 is 0 Å². The van der Waals surface area contributed by atoms with Gasteiger partial charge in [-0.25, -0.2) is 9.59 Å². The summed E-state index contributed by atoms with van der Waals surface area (Å²) in [4.78, 5) is 141. The Morgan fingerprint density at radius 2 is 0.774 bits per heavy atom. The molecule has 6 rings (SSSR count). The van der Waals surface area contributed by atoms with Crippen molar-refractivity contribution < 1.29 is 77.1 Å². The first kappa shape index (κ1) is 81.5. The van der Waals surface area contributed by atoms with Gasteiger partial charge in [-0.05, 0) is 136 Å². The van der Waals surface area contributed by atoms with Gasteiger partial charge in [-0.2, -0.15) is 0 Å². The number of amides is 8. The quantitative estimate of drug-likeness (QED) is 0.0142. The first-order valence-corrected chi connectivity index (χ1v) is 32.9. The van der Waals surface area contributed by atoms with Crippen LogP contribution in [0, 0.1) is 21.6 Å². The van der Waals surface area contributed by atoms with Crippen LogP contribution in [-0.2, 0) is 35.2 Å². The maximum Gasteiger partial charge on any atom is 0.341 e. The second kappa shape index (κ2) is 40.3. The second-order valence-electron chi connectivity index (χ2n) is 23.6. The third kappa shape index (κ3) is 25.3. The van der Waals surface area contributed by atoms with Gasteiger partial charge >= 0.3 is 11.9 Å². The predicted octanol–water partition coefficient (Wildman–Crippen LogP) is 0.613. The van der Waals surface area contributed by atoms with Crippen LogP contribution in [-0.4, -0.2) is 183 Å². The van der Waals surface area contributed by atoms with Gasteiger partial charge in [-0.3, -0.25) is 60.0 Å². The van der Waals surface area contributed by atoms with Crippen LogP contribution < -0.4 is 111 Å². The number of H-pyrrole nitrogens is 1. The van der Waals surface area contributed by atoms with Crippen molar-refractivity contribution in [1.82, 2.24) is 47.5 Å². The highest BCUT2D eigenvalue weighted by Gasteiger charge is 2.31. The lowest BCUT2D eigenvalue weighted by Crippen LogP contribution is -2.45. The van der Waals surface area contributed by atoms with Gasteiger partial charge in [0.05, 0.1) is 49.6 Å². The molecule has 1 heterocycles. The molecule has 1 aromatic heterocycles. The van der Waals surface area contributed by atoms with E-state index in [1.54, 1.807) is 18.3 Å². The number of carbonyl (C=O) groups is 10. The van der Waals surface area contributed by atoms with E-state index in [1.165, 1.54) is 88.1 Å². The Bertz CT molecular complexity index is 4230. The molecule has 0 aliphatic heterocycles. The number of nitrogens with two attached hydrogens (primary N) is 5. The summed E-state index contributed by atoms with van der Waals surface area (Å²) in [5, 5.41) is 82.4. The topological polar surface area (TPSA) is 634 Å². The van der Waals surface area contributed by atoms with Crippen LogP contribution in [0.1, 0.15) is 98.4 Å². The van der Waals surface area contributed by atoms with Gasteiger partial charge in [-0.1, -0.05) is 18.2 Å². The molecule has 0 saturated heterocycles. The Balaban J connectivity index is 1.23. The highest BCUT2D eigenvalue weighted by atomic mass is 16.5. The summed E-state index contributed by atoms with van der Waals surface area (Å²) in [6, 6.07) is 16.3. The minimum atomic E-state index is -1.46. The van der Waals surface area contributed by atoms with Gasteiger partial charge in [-0.15, -0.1) is 0 Å². The van der Waals surface area contributed by atoms with E-state index in [-0.39, 0.29) is 145 Å². The van der Waals surface area contributed by atoms with Gasteiger partial charge < -0.3 is 127 Å². The molecule has 0 aliphatic rings. The maximum absolute atomic E-state index is 14.6.